The fourth-order valence-electron chi connectivity index (χ4n) is 1.76. The average molecular weight is 292 g/mol. The van der Waals surface area contributed by atoms with Crippen LogP contribution in [0.1, 0.15) is 17.5 Å². The van der Waals surface area contributed by atoms with Crippen molar-refractivity contribution in [2.24, 2.45) is 0 Å². The first kappa shape index (κ1) is 16.2. The van der Waals surface area contributed by atoms with E-state index in [-0.39, 0.29) is 0 Å². The molecule has 2 nitrogen and oxygen atoms in total. The molecule has 0 unspecified atom stereocenters. The number of alkyl halides is 3. The van der Waals surface area contributed by atoms with Crippen LogP contribution in [0.15, 0.2) is 24.3 Å². The maximum absolute atomic E-state index is 12.4. The van der Waals surface area contributed by atoms with Gasteiger partial charge in [-0.3, -0.25) is 0 Å². The second-order valence-electron chi connectivity index (χ2n) is 4.59. The van der Waals surface area contributed by atoms with E-state index in [1.807, 2.05) is 6.55 Å². The number of hydrogen-bond donors (Lipinski definition) is 0. The maximum Gasteiger partial charge on any atom is 0.416 e. The van der Waals surface area contributed by atoms with Crippen LogP contribution in [0.4, 0.5) is 13.2 Å². The number of aryl methyl sites for hydroxylation is 1. The van der Waals surface area contributed by atoms with Gasteiger partial charge in [0.15, 0.2) is 0 Å². The molecule has 0 aliphatic carbocycles. The Kier molecular flexibility index (Phi) is 5.58. The first-order chi connectivity index (χ1) is 8.80. The lowest BCUT2D eigenvalue weighted by molar-refractivity contribution is -0.137. The molecule has 0 radical (unpaired) electrons. The highest BCUT2D eigenvalue weighted by atomic mass is 28.4. The highest BCUT2D eigenvalue weighted by Crippen LogP contribution is 2.29. The zero-order valence-electron chi connectivity index (χ0n) is 11.4. The number of hydrogen-bond acceptors (Lipinski definition) is 2. The molecule has 1 aromatic carbocycles. The molecule has 0 amide bonds. The second-order valence-corrected chi connectivity index (χ2v) is 8.17. The van der Waals surface area contributed by atoms with Crippen LogP contribution in [0, 0.1) is 0 Å². The molecular formula is C13H19F3O2Si. The van der Waals surface area contributed by atoms with E-state index in [1.54, 1.807) is 14.2 Å². The standard InChI is InChI=1S/C13H19F3O2Si/c1-17-19(3,18-2)10-4-5-11-6-8-12(9-7-11)13(14,15)16/h6-9H,4-5,10H2,1-3H3. The van der Waals surface area contributed by atoms with Crippen LogP contribution in [-0.2, 0) is 21.4 Å². The highest BCUT2D eigenvalue weighted by Gasteiger charge is 2.30. The maximum atomic E-state index is 12.4. The van der Waals surface area contributed by atoms with Crippen LogP contribution in [0.3, 0.4) is 0 Å². The van der Waals surface area contributed by atoms with Gasteiger partial charge < -0.3 is 8.85 Å². The minimum Gasteiger partial charge on any atom is -0.398 e. The quantitative estimate of drug-likeness (QED) is 0.738. The summed E-state index contributed by atoms with van der Waals surface area (Å²) in [5.41, 5.74) is 0.292. The molecule has 1 aromatic rings. The van der Waals surface area contributed by atoms with Crippen LogP contribution in [-0.4, -0.2) is 22.8 Å². The van der Waals surface area contributed by atoms with Gasteiger partial charge in [0.05, 0.1) is 5.56 Å². The molecule has 108 valence electrons. The van der Waals surface area contributed by atoms with Crippen LogP contribution < -0.4 is 0 Å². The van der Waals surface area contributed by atoms with Crippen molar-refractivity contribution in [3.05, 3.63) is 35.4 Å². The summed E-state index contributed by atoms with van der Waals surface area (Å²) >= 11 is 0. The topological polar surface area (TPSA) is 18.5 Å². The number of halogens is 3. The van der Waals surface area contributed by atoms with Gasteiger partial charge in [0.1, 0.15) is 0 Å². The predicted molar refractivity (Wildman–Crippen MR) is 70.2 cm³/mol. The summed E-state index contributed by atoms with van der Waals surface area (Å²) in [4.78, 5) is 0. The molecule has 1 rings (SSSR count). The Balaban J connectivity index is 2.51. The molecule has 0 N–H and O–H groups in total. The van der Waals surface area contributed by atoms with E-state index in [0.29, 0.717) is 0 Å². The Morgan fingerprint density at radius 3 is 2.00 bits per heavy atom. The van der Waals surface area contributed by atoms with Crippen molar-refractivity contribution in [3.8, 4) is 0 Å². The third kappa shape index (κ3) is 4.97. The zero-order chi connectivity index (χ0) is 14.5. The van der Waals surface area contributed by atoms with Crippen molar-refractivity contribution in [1.82, 2.24) is 0 Å². The van der Waals surface area contributed by atoms with Gasteiger partial charge in [0.25, 0.3) is 0 Å². The van der Waals surface area contributed by atoms with Crippen molar-refractivity contribution in [2.45, 2.75) is 31.6 Å². The van der Waals surface area contributed by atoms with Gasteiger partial charge in [0.2, 0.25) is 0 Å². The Morgan fingerprint density at radius 1 is 1.05 bits per heavy atom. The Hall–Kier alpha value is -0.853. The first-order valence-electron chi connectivity index (χ1n) is 6.07. The third-order valence-electron chi connectivity index (χ3n) is 3.24. The van der Waals surface area contributed by atoms with E-state index in [2.05, 4.69) is 0 Å². The van der Waals surface area contributed by atoms with E-state index in [0.717, 1.165) is 36.6 Å². The van der Waals surface area contributed by atoms with Crippen LogP contribution in [0.2, 0.25) is 12.6 Å². The largest absolute Gasteiger partial charge is 0.416 e. The lowest BCUT2D eigenvalue weighted by Crippen LogP contribution is -2.35. The van der Waals surface area contributed by atoms with Crippen molar-refractivity contribution in [1.29, 1.82) is 0 Å². The molecule has 19 heavy (non-hydrogen) atoms. The Morgan fingerprint density at radius 2 is 1.58 bits per heavy atom. The average Bonchev–Trinajstić information content (AvgIpc) is 2.38. The smallest absolute Gasteiger partial charge is 0.398 e. The molecule has 0 saturated heterocycles. The van der Waals surface area contributed by atoms with Gasteiger partial charge >= 0.3 is 14.7 Å². The number of benzene rings is 1. The fourth-order valence-corrected chi connectivity index (χ4v) is 3.16. The molecule has 0 fully saturated rings. The molecular weight excluding hydrogens is 273 g/mol. The molecule has 0 aliphatic rings. The lowest BCUT2D eigenvalue weighted by atomic mass is 10.1. The molecule has 0 saturated carbocycles. The van der Waals surface area contributed by atoms with E-state index < -0.39 is 20.3 Å². The van der Waals surface area contributed by atoms with Crippen LogP contribution in [0.25, 0.3) is 0 Å². The molecule has 6 heteroatoms. The first-order valence-corrected chi connectivity index (χ1v) is 8.59. The lowest BCUT2D eigenvalue weighted by Gasteiger charge is -2.22. The summed E-state index contributed by atoms with van der Waals surface area (Å²) in [7, 11) is 1.19. The number of rotatable bonds is 6. The molecule has 0 aromatic heterocycles. The molecule has 0 heterocycles. The van der Waals surface area contributed by atoms with Gasteiger partial charge in [0, 0.05) is 14.2 Å². The van der Waals surface area contributed by atoms with E-state index in [1.165, 1.54) is 12.1 Å². The van der Waals surface area contributed by atoms with E-state index >= 15 is 0 Å². The predicted octanol–water partition coefficient (Wildman–Crippen LogP) is 4.00. The summed E-state index contributed by atoms with van der Waals surface area (Å²) < 4.78 is 47.9. The van der Waals surface area contributed by atoms with E-state index in [4.69, 9.17) is 8.85 Å². The van der Waals surface area contributed by atoms with Gasteiger partial charge in [-0.1, -0.05) is 12.1 Å². The molecule has 0 atom stereocenters. The van der Waals surface area contributed by atoms with Crippen LogP contribution >= 0.6 is 0 Å². The summed E-state index contributed by atoms with van der Waals surface area (Å²) in [5, 5.41) is 0. The van der Waals surface area contributed by atoms with Gasteiger partial charge in [-0.15, -0.1) is 0 Å². The van der Waals surface area contributed by atoms with E-state index in [9.17, 15) is 13.2 Å². The van der Waals surface area contributed by atoms with Gasteiger partial charge in [-0.2, -0.15) is 13.2 Å². The van der Waals surface area contributed by atoms with Crippen molar-refractivity contribution < 1.29 is 22.0 Å². The summed E-state index contributed by atoms with van der Waals surface area (Å²) in [5.74, 6) is 0. The normalized spacial score (nSPS) is 12.7. The molecule has 0 aliphatic heterocycles. The Labute approximate surface area is 112 Å². The Bertz CT molecular complexity index is 386. The minimum atomic E-state index is -4.27. The SMILES string of the molecule is CO[Si](C)(CCCc1ccc(C(F)(F)F)cc1)OC. The summed E-state index contributed by atoms with van der Waals surface area (Å²) in [6, 6.07) is 6.13. The monoisotopic (exact) mass is 292 g/mol. The van der Waals surface area contributed by atoms with Gasteiger partial charge in [-0.25, -0.2) is 0 Å². The fraction of sp³-hybridized carbons (Fsp3) is 0.538. The second kappa shape index (κ2) is 6.54. The zero-order valence-corrected chi connectivity index (χ0v) is 12.4. The van der Waals surface area contributed by atoms with Gasteiger partial charge in [-0.05, 0) is 43.1 Å². The molecule has 0 bridgehead atoms. The summed E-state index contributed by atoms with van der Waals surface area (Å²) in [6.07, 6.45) is -2.70. The third-order valence-corrected chi connectivity index (χ3v) is 6.23. The minimum absolute atomic E-state index is 0.607. The van der Waals surface area contributed by atoms with Crippen LogP contribution in [0.5, 0.6) is 0 Å². The highest BCUT2D eigenvalue weighted by molar-refractivity contribution is 6.65. The van der Waals surface area contributed by atoms with Crippen molar-refractivity contribution in [3.63, 3.8) is 0 Å². The molecule has 0 spiro atoms. The van der Waals surface area contributed by atoms with Crippen molar-refractivity contribution in [2.75, 3.05) is 14.2 Å². The van der Waals surface area contributed by atoms with Crippen molar-refractivity contribution >= 4 is 8.56 Å². The summed E-state index contributed by atoms with van der Waals surface area (Å²) in [6.45, 7) is 1.97.